The number of nitrogens with two attached hydrogens (primary N) is 1. The van der Waals surface area contributed by atoms with E-state index in [1.54, 1.807) is 13.8 Å². The van der Waals surface area contributed by atoms with Gasteiger partial charge in [0.1, 0.15) is 18.1 Å². The van der Waals surface area contributed by atoms with E-state index in [1.165, 1.54) is 13.8 Å². The van der Waals surface area contributed by atoms with Crippen molar-refractivity contribution in [1.82, 2.24) is 16.0 Å². The van der Waals surface area contributed by atoms with E-state index in [9.17, 15) is 19.2 Å². The Labute approximate surface area is 140 Å². The molecule has 0 aromatic heterocycles. The summed E-state index contributed by atoms with van der Waals surface area (Å²) in [5.74, 6) is -3.51. The maximum atomic E-state index is 11.9. The van der Waals surface area contributed by atoms with Gasteiger partial charge >= 0.3 is 5.97 Å². The van der Waals surface area contributed by atoms with Crippen LogP contribution in [0.15, 0.2) is 0 Å². The number of carbonyl (C=O) groups is 4. The van der Waals surface area contributed by atoms with E-state index in [-0.39, 0.29) is 5.92 Å². The number of aliphatic hydroxyl groups is 1. The number of hydrogen-bond donors (Lipinski definition) is 6. The lowest BCUT2D eigenvalue weighted by Gasteiger charge is -2.21. The molecule has 0 fully saturated rings. The standard InChI is InChI=1S/C14H26N4O6/c1-6(2)11(14(23)24)18-12(21)7(3)17-9(20)5-16-13(22)10(15)8(4)19/h6-8,10-11,19H,5,15H2,1-4H3,(H,16,22)(H,17,20)(H,18,21)(H,23,24). The minimum absolute atomic E-state index is 0.324. The lowest BCUT2D eigenvalue weighted by atomic mass is 10.0. The molecule has 0 aliphatic carbocycles. The summed E-state index contributed by atoms with van der Waals surface area (Å²) in [4.78, 5) is 46.1. The van der Waals surface area contributed by atoms with E-state index in [4.69, 9.17) is 15.9 Å². The van der Waals surface area contributed by atoms with Crippen molar-refractivity contribution >= 4 is 23.7 Å². The fraction of sp³-hybridized carbons (Fsp3) is 0.714. The van der Waals surface area contributed by atoms with Crippen LogP contribution in [-0.2, 0) is 19.2 Å². The van der Waals surface area contributed by atoms with Crippen molar-refractivity contribution in [3.05, 3.63) is 0 Å². The van der Waals surface area contributed by atoms with Crippen molar-refractivity contribution in [2.45, 2.75) is 51.9 Å². The number of carboxylic acid groups (broad SMARTS) is 1. The quantitative estimate of drug-likeness (QED) is 0.269. The van der Waals surface area contributed by atoms with E-state index < -0.39 is 54.5 Å². The van der Waals surface area contributed by atoms with Gasteiger partial charge in [-0.25, -0.2) is 4.79 Å². The van der Waals surface area contributed by atoms with Crippen LogP contribution in [0.3, 0.4) is 0 Å². The molecule has 0 heterocycles. The summed E-state index contributed by atoms with van der Waals surface area (Å²) in [6.45, 7) is 5.58. The number of aliphatic carboxylic acids is 1. The Balaban J connectivity index is 4.42. The number of hydrogen-bond acceptors (Lipinski definition) is 6. The maximum absolute atomic E-state index is 11.9. The predicted molar refractivity (Wildman–Crippen MR) is 84.7 cm³/mol. The molecule has 0 aliphatic rings. The van der Waals surface area contributed by atoms with Gasteiger partial charge in [0, 0.05) is 0 Å². The van der Waals surface area contributed by atoms with E-state index in [2.05, 4.69) is 16.0 Å². The topological polar surface area (TPSA) is 171 Å². The molecule has 4 unspecified atom stereocenters. The van der Waals surface area contributed by atoms with Crippen LogP contribution in [0.25, 0.3) is 0 Å². The molecule has 7 N–H and O–H groups in total. The van der Waals surface area contributed by atoms with Crippen molar-refractivity contribution < 1.29 is 29.4 Å². The van der Waals surface area contributed by atoms with E-state index in [1.807, 2.05) is 0 Å². The van der Waals surface area contributed by atoms with Gasteiger partial charge in [-0.2, -0.15) is 0 Å². The number of aliphatic hydroxyl groups excluding tert-OH is 1. The lowest BCUT2D eigenvalue weighted by Crippen LogP contribution is -2.54. The number of nitrogens with one attached hydrogen (secondary N) is 3. The highest BCUT2D eigenvalue weighted by Crippen LogP contribution is 2.02. The molecule has 24 heavy (non-hydrogen) atoms. The molecule has 10 nitrogen and oxygen atoms in total. The minimum atomic E-state index is -1.17. The van der Waals surface area contributed by atoms with E-state index in [0.29, 0.717) is 0 Å². The van der Waals surface area contributed by atoms with Crippen LogP contribution in [0.5, 0.6) is 0 Å². The zero-order valence-electron chi connectivity index (χ0n) is 14.2. The van der Waals surface area contributed by atoms with Crippen LogP contribution in [0.1, 0.15) is 27.7 Å². The van der Waals surface area contributed by atoms with Crippen LogP contribution >= 0.6 is 0 Å². The Hall–Kier alpha value is -2.20. The summed E-state index contributed by atoms with van der Waals surface area (Å²) in [5, 5.41) is 25.1. The SMILES string of the molecule is CC(NC(=O)CNC(=O)C(N)C(C)O)C(=O)NC(C(=O)O)C(C)C. The number of carbonyl (C=O) groups excluding carboxylic acids is 3. The minimum Gasteiger partial charge on any atom is -0.480 e. The zero-order valence-corrected chi connectivity index (χ0v) is 14.2. The molecule has 3 amide bonds. The second-order valence-corrected chi connectivity index (χ2v) is 5.84. The molecule has 138 valence electrons. The van der Waals surface area contributed by atoms with Gasteiger partial charge in [0.2, 0.25) is 17.7 Å². The van der Waals surface area contributed by atoms with Crippen molar-refractivity contribution in [3.63, 3.8) is 0 Å². The zero-order chi connectivity index (χ0) is 19.0. The monoisotopic (exact) mass is 346 g/mol. The molecule has 0 aromatic carbocycles. The Morgan fingerprint density at radius 1 is 1.00 bits per heavy atom. The molecule has 0 aromatic rings. The summed E-state index contributed by atoms with van der Waals surface area (Å²) >= 11 is 0. The second kappa shape index (κ2) is 9.83. The summed E-state index contributed by atoms with van der Waals surface area (Å²) in [6.07, 6.45) is -1.07. The molecule has 0 aliphatic heterocycles. The Morgan fingerprint density at radius 2 is 1.54 bits per heavy atom. The Morgan fingerprint density at radius 3 is 1.96 bits per heavy atom. The van der Waals surface area contributed by atoms with Gasteiger partial charge in [0.05, 0.1) is 12.6 Å². The second-order valence-electron chi connectivity index (χ2n) is 5.84. The van der Waals surface area contributed by atoms with Crippen molar-refractivity contribution in [2.24, 2.45) is 11.7 Å². The first-order valence-corrected chi connectivity index (χ1v) is 7.51. The third-order valence-electron chi connectivity index (χ3n) is 3.25. The number of carboxylic acids is 1. The third-order valence-corrected chi connectivity index (χ3v) is 3.25. The fourth-order valence-corrected chi connectivity index (χ4v) is 1.65. The third kappa shape index (κ3) is 7.38. The molecular formula is C14H26N4O6. The van der Waals surface area contributed by atoms with Gasteiger partial charge in [-0.3, -0.25) is 14.4 Å². The largest absolute Gasteiger partial charge is 0.480 e. The fourth-order valence-electron chi connectivity index (χ4n) is 1.65. The van der Waals surface area contributed by atoms with Gasteiger partial charge < -0.3 is 31.9 Å². The van der Waals surface area contributed by atoms with Gasteiger partial charge in [0.25, 0.3) is 0 Å². The van der Waals surface area contributed by atoms with E-state index in [0.717, 1.165) is 0 Å². The summed E-state index contributed by atoms with van der Waals surface area (Å²) < 4.78 is 0. The summed E-state index contributed by atoms with van der Waals surface area (Å²) in [7, 11) is 0. The highest BCUT2D eigenvalue weighted by atomic mass is 16.4. The molecule has 0 radical (unpaired) electrons. The molecule has 0 saturated carbocycles. The average Bonchev–Trinajstić information content (AvgIpc) is 2.47. The van der Waals surface area contributed by atoms with Crippen LogP contribution in [0, 0.1) is 5.92 Å². The molecular weight excluding hydrogens is 320 g/mol. The Bertz CT molecular complexity index is 480. The van der Waals surface area contributed by atoms with E-state index >= 15 is 0 Å². The van der Waals surface area contributed by atoms with Crippen LogP contribution < -0.4 is 21.7 Å². The first-order valence-electron chi connectivity index (χ1n) is 7.51. The van der Waals surface area contributed by atoms with Crippen LogP contribution in [0.4, 0.5) is 0 Å². The molecule has 0 spiro atoms. The van der Waals surface area contributed by atoms with Gasteiger partial charge in [0.15, 0.2) is 0 Å². The van der Waals surface area contributed by atoms with Crippen LogP contribution in [0.2, 0.25) is 0 Å². The number of amides is 3. The molecule has 10 heteroatoms. The van der Waals surface area contributed by atoms with Gasteiger partial charge in [-0.1, -0.05) is 13.8 Å². The summed E-state index contributed by atoms with van der Waals surface area (Å²) in [5.41, 5.74) is 5.39. The average molecular weight is 346 g/mol. The van der Waals surface area contributed by atoms with Crippen molar-refractivity contribution in [1.29, 1.82) is 0 Å². The number of rotatable bonds is 9. The lowest BCUT2D eigenvalue weighted by molar-refractivity contribution is -0.143. The molecule has 0 rings (SSSR count). The van der Waals surface area contributed by atoms with Gasteiger partial charge in [-0.15, -0.1) is 0 Å². The molecule has 4 atom stereocenters. The highest BCUT2D eigenvalue weighted by molar-refractivity contribution is 5.92. The van der Waals surface area contributed by atoms with Crippen molar-refractivity contribution in [3.8, 4) is 0 Å². The highest BCUT2D eigenvalue weighted by Gasteiger charge is 2.26. The predicted octanol–water partition coefficient (Wildman–Crippen LogP) is -2.46. The normalized spacial score (nSPS) is 15.8. The first-order chi connectivity index (χ1) is 11.0. The maximum Gasteiger partial charge on any atom is 0.326 e. The molecule has 0 bridgehead atoms. The Kier molecular flexibility index (Phi) is 8.93. The first kappa shape index (κ1) is 21.8. The van der Waals surface area contributed by atoms with Crippen molar-refractivity contribution in [2.75, 3.05) is 6.54 Å². The smallest absolute Gasteiger partial charge is 0.326 e. The molecule has 0 saturated heterocycles. The van der Waals surface area contributed by atoms with Gasteiger partial charge in [-0.05, 0) is 19.8 Å². The van der Waals surface area contributed by atoms with Crippen LogP contribution in [-0.4, -0.2) is 64.7 Å². The summed E-state index contributed by atoms with van der Waals surface area (Å²) in [6, 6.07) is -3.22.